The van der Waals surface area contributed by atoms with Crippen molar-refractivity contribution in [1.29, 1.82) is 0 Å². The van der Waals surface area contributed by atoms with Crippen molar-refractivity contribution in [2.75, 3.05) is 11.9 Å². The number of anilines is 1. The van der Waals surface area contributed by atoms with Crippen molar-refractivity contribution < 1.29 is 4.79 Å². The van der Waals surface area contributed by atoms with Gasteiger partial charge >= 0.3 is 6.03 Å². The van der Waals surface area contributed by atoms with Crippen LogP contribution in [0.25, 0.3) is 10.9 Å². The van der Waals surface area contributed by atoms with Crippen molar-refractivity contribution in [2.24, 2.45) is 0 Å². The number of benzene rings is 2. The van der Waals surface area contributed by atoms with Gasteiger partial charge < -0.3 is 10.6 Å². The quantitative estimate of drug-likeness (QED) is 0.753. The van der Waals surface area contributed by atoms with Gasteiger partial charge in [0.15, 0.2) is 0 Å². The van der Waals surface area contributed by atoms with Crippen molar-refractivity contribution >= 4 is 34.2 Å². The summed E-state index contributed by atoms with van der Waals surface area (Å²) in [5, 5.41) is 7.40. The molecule has 0 aliphatic heterocycles. The summed E-state index contributed by atoms with van der Waals surface area (Å²) in [6.07, 6.45) is 2.46. The molecule has 3 aromatic rings. The SMILES string of the molecule is O=C(NCCc1ccc(Cl)cc1)Nc1cccc2cccnc12. The lowest BCUT2D eigenvalue weighted by Gasteiger charge is -2.09. The van der Waals surface area contributed by atoms with Gasteiger partial charge in [0, 0.05) is 23.2 Å². The first kappa shape index (κ1) is 15.3. The monoisotopic (exact) mass is 325 g/mol. The van der Waals surface area contributed by atoms with Gasteiger partial charge in [-0.05, 0) is 36.2 Å². The van der Waals surface area contributed by atoms with Crippen LogP contribution in [0.3, 0.4) is 0 Å². The topological polar surface area (TPSA) is 54.0 Å². The molecule has 0 spiro atoms. The number of para-hydroxylation sites is 1. The second-order valence-corrected chi connectivity index (χ2v) is 5.57. The molecule has 0 bridgehead atoms. The van der Waals surface area contributed by atoms with E-state index in [-0.39, 0.29) is 6.03 Å². The number of carbonyl (C=O) groups is 1. The Morgan fingerprint density at radius 1 is 1.04 bits per heavy atom. The van der Waals surface area contributed by atoms with Gasteiger partial charge in [0.2, 0.25) is 0 Å². The fourth-order valence-corrected chi connectivity index (χ4v) is 2.47. The van der Waals surface area contributed by atoms with Crippen LogP contribution in [0.15, 0.2) is 60.8 Å². The van der Waals surface area contributed by atoms with Gasteiger partial charge in [-0.3, -0.25) is 4.98 Å². The summed E-state index contributed by atoms with van der Waals surface area (Å²) in [6, 6.07) is 16.9. The Kier molecular flexibility index (Phi) is 4.74. The predicted molar refractivity (Wildman–Crippen MR) is 93.9 cm³/mol. The summed E-state index contributed by atoms with van der Waals surface area (Å²) in [5.41, 5.74) is 2.61. The zero-order chi connectivity index (χ0) is 16.1. The summed E-state index contributed by atoms with van der Waals surface area (Å²) >= 11 is 5.85. The first-order valence-electron chi connectivity index (χ1n) is 7.35. The van der Waals surface area contributed by atoms with E-state index >= 15 is 0 Å². The Balaban J connectivity index is 1.57. The molecule has 2 N–H and O–H groups in total. The maximum atomic E-state index is 12.0. The number of halogens is 1. The van der Waals surface area contributed by atoms with E-state index in [0.717, 1.165) is 22.9 Å². The van der Waals surface area contributed by atoms with Crippen LogP contribution >= 0.6 is 11.6 Å². The van der Waals surface area contributed by atoms with E-state index in [1.807, 2.05) is 54.6 Å². The molecule has 0 radical (unpaired) electrons. The number of amides is 2. The zero-order valence-electron chi connectivity index (χ0n) is 12.4. The van der Waals surface area contributed by atoms with Gasteiger partial charge in [0.25, 0.3) is 0 Å². The van der Waals surface area contributed by atoms with Gasteiger partial charge in [-0.15, -0.1) is 0 Å². The fourth-order valence-electron chi connectivity index (χ4n) is 2.34. The minimum Gasteiger partial charge on any atom is -0.338 e. The van der Waals surface area contributed by atoms with Crippen LogP contribution in [0.5, 0.6) is 0 Å². The minimum atomic E-state index is -0.239. The Labute approximate surface area is 139 Å². The van der Waals surface area contributed by atoms with Crippen LogP contribution in [-0.4, -0.2) is 17.6 Å². The number of aromatic nitrogens is 1. The summed E-state index contributed by atoms with van der Waals surface area (Å²) in [6.45, 7) is 0.547. The van der Waals surface area contributed by atoms with Gasteiger partial charge in [-0.25, -0.2) is 4.79 Å². The van der Waals surface area contributed by atoms with E-state index in [1.165, 1.54) is 0 Å². The molecule has 1 heterocycles. The lowest BCUT2D eigenvalue weighted by molar-refractivity contribution is 0.252. The van der Waals surface area contributed by atoms with Gasteiger partial charge in [0.1, 0.15) is 0 Å². The highest BCUT2D eigenvalue weighted by atomic mass is 35.5. The normalized spacial score (nSPS) is 10.5. The molecule has 2 aromatic carbocycles. The highest BCUT2D eigenvalue weighted by Gasteiger charge is 2.05. The van der Waals surface area contributed by atoms with E-state index in [1.54, 1.807) is 6.20 Å². The predicted octanol–water partition coefficient (Wildman–Crippen LogP) is 4.25. The Morgan fingerprint density at radius 3 is 2.65 bits per heavy atom. The fraction of sp³-hybridized carbons (Fsp3) is 0.111. The molecule has 0 fully saturated rings. The molecule has 3 rings (SSSR count). The third kappa shape index (κ3) is 3.99. The molecule has 0 saturated heterocycles. The molecule has 0 aliphatic carbocycles. The van der Waals surface area contributed by atoms with Gasteiger partial charge in [-0.2, -0.15) is 0 Å². The molecule has 0 atom stereocenters. The molecule has 0 saturated carbocycles. The zero-order valence-corrected chi connectivity index (χ0v) is 13.2. The van der Waals surface area contributed by atoms with Crippen LogP contribution in [0.1, 0.15) is 5.56 Å². The maximum absolute atomic E-state index is 12.0. The summed E-state index contributed by atoms with van der Waals surface area (Å²) in [5.74, 6) is 0. The van der Waals surface area contributed by atoms with Gasteiger partial charge in [0.05, 0.1) is 11.2 Å². The molecular weight excluding hydrogens is 310 g/mol. The lowest BCUT2D eigenvalue weighted by atomic mass is 10.1. The summed E-state index contributed by atoms with van der Waals surface area (Å²) in [4.78, 5) is 16.3. The lowest BCUT2D eigenvalue weighted by Crippen LogP contribution is -2.30. The Morgan fingerprint density at radius 2 is 1.83 bits per heavy atom. The highest BCUT2D eigenvalue weighted by molar-refractivity contribution is 6.30. The van der Waals surface area contributed by atoms with Crippen LogP contribution in [0.4, 0.5) is 10.5 Å². The number of nitrogens with one attached hydrogen (secondary N) is 2. The Hall–Kier alpha value is -2.59. The third-order valence-electron chi connectivity index (χ3n) is 3.49. The van der Waals surface area contributed by atoms with Crippen molar-refractivity contribution in [3.05, 3.63) is 71.4 Å². The van der Waals surface area contributed by atoms with E-state index in [0.29, 0.717) is 17.3 Å². The number of pyridine rings is 1. The number of fused-ring (bicyclic) bond motifs is 1. The maximum Gasteiger partial charge on any atom is 0.319 e. The number of hydrogen-bond donors (Lipinski definition) is 2. The van der Waals surface area contributed by atoms with Crippen molar-refractivity contribution in [3.63, 3.8) is 0 Å². The van der Waals surface area contributed by atoms with E-state index in [9.17, 15) is 4.79 Å². The Bertz CT molecular complexity index is 813. The standard InChI is InChI=1S/C18H16ClN3O/c19-15-8-6-13(7-9-15)10-12-21-18(23)22-16-5-1-3-14-4-2-11-20-17(14)16/h1-9,11H,10,12H2,(H2,21,22,23). The second kappa shape index (κ2) is 7.11. The second-order valence-electron chi connectivity index (χ2n) is 5.14. The molecule has 5 heteroatoms. The minimum absolute atomic E-state index is 0.239. The van der Waals surface area contributed by atoms with Crippen LogP contribution in [-0.2, 0) is 6.42 Å². The van der Waals surface area contributed by atoms with Gasteiger partial charge in [-0.1, -0.05) is 41.9 Å². The summed E-state index contributed by atoms with van der Waals surface area (Å²) < 4.78 is 0. The van der Waals surface area contributed by atoms with Crippen LogP contribution in [0, 0.1) is 0 Å². The summed E-state index contributed by atoms with van der Waals surface area (Å²) in [7, 11) is 0. The van der Waals surface area contributed by atoms with E-state index in [2.05, 4.69) is 15.6 Å². The first-order chi connectivity index (χ1) is 11.2. The molecule has 23 heavy (non-hydrogen) atoms. The molecular formula is C18H16ClN3O. The first-order valence-corrected chi connectivity index (χ1v) is 7.73. The highest BCUT2D eigenvalue weighted by Crippen LogP contribution is 2.20. The number of nitrogens with zero attached hydrogens (tertiary/aromatic N) is 1. The molecule has 0 unspecified atom stereocenters. The molecule has 2 amide bonds. The number of rotatable bonds is 4. The smallest absolute Gasteiger partial charge is 0.319 e. The van der Waals surface area contributed by atoms with Crippen molar-refractivity contribution in [2.45, 2.75) is 6.42 Å². The number of carbonyl (C=O) groups excluding carboxylic acids is 1. The molecule has 4 nitrogen and oxygen atoms in total. The number of hydrogen-bond acceptors (Lipinski definition) is 2. The molecule has 0 aliphatic rings. The van der Waals surface area contributed by atoms with E-state index < -0.39 is 0 Å². The van der Waals surface area contributed by atoms with Crippen molar-refractivity contribution in [1.82, 2.24) is 10.3 Å². The van der Waals surface area contributed by atoms with Crippen LogP contribution in [0.2, 0.25) is 5.02 Å². The van der Waals surface area contributed by atoms with Crippen molar-refractivity contribution in [3.8, 4) is 0 Å². The largest absolute Gasteiger partial charge is 0.338 e. The molecule has 1 aromatic heterocycles. The average Bonchev–Trinajstić information content (AvgIpc) is 2.57. The molecule has 116 valence electrons. The number of urea groups is 1. The third-order valence-corrected chi connectivity index (χ3v) is 3.75. The van der Waals surface area contributed by atoms with E-state index in [4.69, 9.17) is 11.6 Å². The van der Waals surface area contributed by atoms with Crippen LogP contribution < -0.4 is 10.6 Å². The average molecular weight is 326 g/mol.